The second kappa shape index (κ2) is 7.88. The SMILES string of the molecule is CS(=O)(=O)N(CCNC(=O)C1CCC1)CCc1ccccc1F. The second-order valence-electron chi connectivity index (χ2n) is 5.92. The molecule has 1 aromatic rings. The van der Waals surface area contributed by atoms with Crippen molar-refractivity contribution in [2.75, 3.05) is 25.9 Å². The van der Waals surface area contributed by atoms with E-state index in [1.54, 1.807) is 18.2 Å². The zero-order valence-electron chi connectivity index (χ0n) is 13.3. The van der Waals surface area contributed by atoms with Crippen LogP contribution >= 0.6 is 0 Å². The predicted molar refractivity (Wildman–Crippen MR) is 86.9 cm³/mol. The number of carbonyl (C=O) groups excluding carboxylic acids is 1. The van der Waals surface area contributed by atoms with Gasteiger partial charge in [0.1, 0.15) is 5.82 Å². The maximum atomic E-state index is 13.6. The van der Waals surface area contributed by atoms with E-state index >= 15 is 0 Å². The van der Waals surface area contributed by atoms with Crippen molar-refractivity contribution in [1.82, 2.24) is 9.62 Å². The molecule has 0 atom stereocenters. The number of sulfonamides is 1. The number of carbonyl (C=O) groups is 1. The average molecular weight is 342 g/mol. The molecule has 1 aromatic carbocycles. The maximum Gasteiger partial charge on any atom is 0.223 e. The molecule has 1 fully saturated rings. The molecule has 0 aliphatic heterocycles. The van der Waals surface area contributed by atoms with Gasteiger partial charge in [-0.3, -0.25) is 4.79 Å². The van der Waals surface area contributed by atoms with Gasteiger partial charge in [-0.25, -0.2) is 17.1 Å². The molecule has 1 N–H and O–H groups in total. The Kier molecular flexibility index (Phi) is 6.12. The number of benzene rings is 1. The lowest BCUT2D eigenvalue weighted by Gasteiger charge is -2.25. The lowest BCUT2D eigenvalue weighted by molar-refractivity contribution is -0.127. The van der Waals surface area contributed by atoms with Crippen LogP contribution in [0.3, 0.4) is 0 Å². The third kappa shape index (κ3) is 5.28. The molecule has 0 heterocycles. The Balaban J connectivity index is 1.85. The van der Waals surface area contributed by atoms with Gasteiger partial charge < -0.3 is 5.32 Å². The highest BCUT2D eigenvalue weighted by atomic mass is 32.2. The smallest absolute Gasteiger partial charge is 0.223 e. The molecule has 1 aliphatic rings. The highest BCUT2D eigenvalue weighted by Gasteiger charge is 2.25. The fourth-order valence-corrected chi connectivity index (χ4v) is 3.35. The molecule has 1 aliphatic carbocycles. The summed E-state index contributed by atoms with van der Waals surface area (Å²) in [5, 5.41) is 2.78. The van der Waals surface area contributed by atoms with E-state index in [0.717, 1.165) is 25.5 Å². The fraction of sp³-hybridized carbons (Fsp3) is 0.562. The fourth-order valence-electron chi connectivity index (χ4n) is 2.51. The van der Waals surface area contributed by atoms with Crippen molar-refractivity contribution in [2.24, 2.45) is 5.92 Å². The van der Waals surface area contributed by atoms with Gasteiger partial charge in [-0.1, -0.05) is 24.6 Å². The molecule has 0 spiro atoms. The first kappa shape index (κ1) is 17.9. The number of halogens is 1. The van der Waals surface area contributed by atoms with Gasteiger partial charge in [-0.15, -0.1) is 0 Å². The monoisotopic (exact) mass is 342 g/mol. The van der Waals surface area contributed by atoms with E-state index in [4.69, 9.17) is 0 Å². The molecule has 128 valence electrons. The number of hydrogen-bond donors (Lipinski definition) is 1. The van der Waals surface area contributed by atoms with Crippen molar-refractivity contribution in [3.8, 4) is 0 Å². The topological polar surface area (TPSA) is 66.5 Å². The molecule has 1 saturated carbocycles. The van der Waals surface area contributed by atoms with Crippen LogP contribution in [0.5, 0.6) is 0 Å². The Morgan fingerprint density at radius 1 is 1.30 bits per heavy atom. The van der Waals surface area contributed by atoms with Crippen molar-refractivity contribution < 1.29 is 17.6 Å². The number of nitrogens with one attached hydrogen (secondary N) is 1. The molecule has 7 heteroatoms. The summed E-state index contributed by atoms with van der Waals surface area (Å²) in [5.74, 6) is -0.252. The normalized spacial score (nSPS) is 15.4. The summed E-state index contributed by atoms with van der Waals surface area (Å²) in [5.41, 5.74) is 0.486. The van der Waals surface area contributed by atoms with Crippen molar-refractivity contribution in [1.29, 1.82) is 0 Å². The second-order valence-corrected chi connectivity index (χ2v) is 7.90. The van der Waals surface area contributed by atoms with Gasteiger partial charge in [0.2, 0.25) is 15.9 Å². The minimum Gasteiger partial charge on any atom is -0.355 e. The summed E-state index contributed by atoms with van der Waals surface area (Å²) in [7, 11) is -3.40. The van der Waals surface area contributed by atoms with Crippen LogP contribution in [0.2, 0.25) is 0 Å². The lowest BCUT2D eigenvalue weighted by atomic mass is 9.85. The third-order valence-electron chi connectivity index (χ3n) is 4.19. The van der Waals surface area contributed by atoms with E-state index in [2.05, 4.69) is 5.32 Å². The first-order chi connectivity index (χ1) is 10.9. The molecule has 0 aromatic heterocycles. The number of rotatable bonds is 8. The van der Waals surface area contributed by atoms with Gasteiger partial charge >= 0.3 is 0 Å². The Morgan fingerprint density at radius 3 is 2.57 bits per heavy atom. The highest BCUT2D eigenvalue weighted by Crippen LogP contribution is 2.26. The largest absolute Gasteiger partial charge is 0.355 e. The van der Waals surface area contributed by atoms with Crippen molar-refractivity contribution in [3.05, 3.63) is 35.6 Å². The maximum absolute atomic E-state index is 13.6. The van der Waals surface area contributed by atoms with Gasteiger partial charge in [0.25, 0.3) is 0 Å². The molecular formula is C16H23FN2O3S. The number of amides is 1. The zero-order valence-corrected chi connectivity index (χ0v) is 14.1. The molecule has 0 unspecified atom stereocenters. The molecule has 2 rings (SSSR count). The van der Waals surface area contributed by atoms with Gasteiger partial charge in [0.15, 0.2) is 0 Å². The lowest BCUT2D eigenvalue weighted by Crippen LogP contribution is -2.41. The van der Waals surface area contributed by atoms with Gasteiger partial charge in [0.05, 0.1) is 6.26 Å². The van der Waals surface area contributed by atoms with Crippen LogP contribution in [0.1, 0.15) is 24.8 Å². The number of nitrogens with zero attached hydrogens (tertiary/aromatic N) is 1. The summed E-state index contributed by atoms with van der Waals surface area (Å²) in [6, 6.07) is 6.33. The van der Waals surface area contributed by atoms with Crippen LogP contribution in [0.4, 0.5) is 4.39 Å². The van der Waals surface area contributed by atoms with E-state index in [-0.39, 0.29) is 37.3 Å². The van der Waals surface area contributed by atoms with E-state index < -0.39 is 10.0 Å². The predicted octanol–water partition coefficient (Wildman–Crippen LogP) is 1.55. The van der Waals surface area contributed by atoms with E-state index in [0.29, 0.717) is 12.0 Å². The molecule has 5 nitrogen and oxygen atoms in total. The Labute approximate surface area is 136 Å². The summed E-state index contributed by atoms with van der Waals surface area (Å²) >= 11 is 0. The molecule has 0 radical (unpaired) electrons. The minimum atomic E-state index is -3.40. The van der Waals surface area contributed by atoms with Gasteiger partial charge in [-0.05, 0) is 30.9 Å². The van der Waals surface area contributed by atoms with Crippen molar-refractivity contribution in [3.63, 3.8) is 0 Å². The zero-order chi connectivity index (χ0) is 16.9. The van der Waals surface area contributed by atoms with Gasteiger partial charge in [-0.2, -0.15) is 0 Å². The highest BCUT2D eigenvalue weighted by molar-refractivity contribution is 7.88. The van der Waals surface area contributed by atoms with E-state index in [1.165, 1.54) is 10.4 Å². The Bertz CT molecular complexity index is 644. The van der Waals surface area contributed by atoms with E-state index in [9.17, 15) is 17.6 Å². The molecule has 23 heavy (non-hydrogen) atoms. The standard InChI is InChI=1S/C16H23FN2O3S/c1-23(21,22)19(11-9-13-5-2-3-8-15(13)17)12-10-18-16(20)14-6-4-7-14/h2-3,5,8,14H,4,6-7,9-12H2,1H3,(H,18,20). The molecule has 0 saturated heterocycles. The van der Waals surface area contributed by atoms with Crippen LogP contribution in [0.25, 0.3) is 0 Å². The molecule has 0 bridgehead atoms. The van der Waals surface area contributed by atoms with Crippen LogP contribution < -0.4 is 5.32 Å². The van der Waals surface area contributed by atoms with Crippen LogP contribution in [-0.4, -0.2) is 44.5 Å². The summed E-state index contributed by atoms with van der Waals surface area (Å²) in [4.78, 5) is 11.8. The van der Waals surface area contributed by atoms with Gasteiger partial charge in [0, 0.05) is 25.6 Å². The Hall–Kier alpha value is -1.47. The van der Waals surface area contributed by atoms with Crippen LogP contribution in [-0.2, 0) is 21.2 Å². The Morgan fingerprint density at radius 2 is 2.00 bits per heavy atom. The first-order valence-corrected chi connectivity index (χ1v) is 9.69. The average Bonchev–Trinajstić information content (AvgIpc) is 2.41. The third-order valence-corrected chi connectivity index (χ3v) is 5.50. The minimum absolute atomic E-state index is 0.00111. The summed E-state index contributed by atoms with van der Waals surface area (Å²) in [6.07, 6.45) is 4.33. The van der Waals surface area contributed by atoms with Crippen molar-refractivity contribution >= 4 is 15.9 Å². The summed E-state index contributed by atoms with van der Waals surface area (Å²) in [6.45, 7) is 0.671. The first-order valence-electron chi connectivity index (χ1n) is 7.84. The van der Waals surface area contributed by atoms with Crippen LogP contribution in [0.15, 0.2) is 24.3 Å². The molecular weight excluding hydrogens is 319 g/mol. The van der Waals surface area contributed by atoms with E-state index in [1.807, 2.05) is 0 Å². The quantitative estimate of drug-likeness (QED) is 0.779. The van der Waals surface area contributed by atoms with Crippen LogP contribution in [0, 0.1) is 11.7 Å². The number of hydrogen-bond acceptors (Lipinski definition) is 3. The summed E-state index contributed by atoms with van der Waals surface area (Å²) < 4.78 is 38.6. The van der Waals surface area contributed by atoms with Crippen molar-refractivity contribution in [2.45, 2.75) is 25.7 Å². The molecule has 1 amide bonds.